The number of carbonyl (C=O) groups is 1. The van der Waals surface area contributed by atoms with Crippen molar-refractivity contribution in [2.75, 3.05) is 13.1 Å². The van der Waals surface area contributed by atoms with Crippen molar-refractivity contribution in [3.05, 3.63) is 11.6 Å². The van der Waals surface area contributed by atoms with Crippen molar-refractivity contribution in [1.29, 1.82) is 0 Å². The molecule has 3 heterocycles. The van der Waals surface area contributed by atoms with Crippen molar-refractivity contribution in [1.82, 2.24) is 25.0 Å². The van der Waals surface area contributed by atoms with Gasteiger partial charge in [-0.1, -0.05) is 0 Å². The number of nitrogens with one attached hydrogen (secondary N) is 1. The molecule has 0 spiro atoms. The van der Waals surface area contributed by atoms with Crippen molar-refractivity contribution in [3.8, 4) is 0 Å². The second-order valence-electron chi connectivity index (χ2n) is 6.23. The molecule has 2 unspecified atom stereocenters. The number of carbonyl (C=O) groups excluding carboxylic acids is 1. The van der Waals surface area contributed by atoms with Crippen LogP contribution in [0.5, 0.6) is 0 Å². The van der Waals surface area contributed by atoms with Crippen LogP contribution in [0.2, 0.25) is 0 Å². The minimum Gasteiger partial charge on any atom is -0.341 e. The summed E-state index contributed by atoms with van der Waals surface area (Å²) in [7, 11) is 0. The summed E-state index contributed by atoms with van der Waals surface area (Å²) in [5.41, 5.74) is 0. The Hall–Kier alpha value is -1.43. The van der Waals surface area contributed by atoms with E-state index in [1.54, 1.807) is 0 Å². The lowest BCUT2D eigenvalue weighted by molar-refractivity contribution is -0.132. The fourth-order valence-corrected chi connectivity index (χ4v) is 3.38. The number of likely N-dealkylation sites (tertiary alicyclic amines) is 1. The van der Waals surface area contributed by atoms with Gasteiger partial charge in [0.25, 0.3) is 0 Å². The minimum atomic E-state index is -0.172. The second kappa shape index (κ2) is 6.13. The Balaban J connectivity index is 1.64. The van der Waals surface area contributed by atoms with E-state index in [2.05, 4.69) is 27.0 Å². The summed E-state index contributed by atoms with van der Waals surface area (Å²) in [5, 5.41) is 12.0. The highest BCUT2D eigenvalue weighted by Gasteiger charge is 2.26. The fraction of sp³-hybridized carbons (Fsp3) is 0.800. The van der Waals surface area contributed by atoms with Gasteiger partial charge in [-0.3, -0.25) is 10.1 Å². The van der Waals surface area contributed by atoms with Gasteiger partial charge in [-0.05, 0) is 39.5 Å². The number of rotatable bonds is 4. The van der Waals surface area contributed by atoms with Gasteiger partial charge in [0.2, 0.25) is 5.91 Å². The third kappa shape index (κ3) is 2.95. The Morgan fingerprint density at radius 2 is 1.81 bits per heavy atom. The molecule has 1 saturated heterocycles. The Kier molecular flexibility index (Phi) is 4.24. The third-order valence-electron chi connectivity index (χ3n) is 4.56. The van der Waals surface area contributed by atoms with Crippen molar-refractivity contribution in [2.24, 2.45) is 0 Å². The first-order valence-corrected chi connectivity index (χ1v) is 8.13. The summed E-state index contributed by atoms with van der Waals surface area (Å²) in [6.07, 6.45) is 5.66. The zero-order valence-electron chi connectivity index (χ0n) is 13.0. The molecule has 1 amide bonds. The first kappa shape index (κ1) is 14.5. The van der Waals surface area contributed by atoms with Gasteiger partial charge in [0.15, 0.2) is 0 Å². The molecule has 1 aromatic heterocycles. The molecule has 6 nitrogen and oxygen atoms in total. The first-order chi connectivity index (χ1) is 10.2. The van der Waals surface area contributed by atoms with E-state index in [0.717, 1.165) is 50.5 Å². The SMILES string of the molecule is CC(NC(C)c1nnc2n1CCCC2)C(=O)N1CCCC1. The number of hydrogen-bond donors (Lipinski definition) is 1. The van der Waals surface area contributed by atoms with Gasteiger partial charge < -0.3 is 9.47 Å². The fourth-order valence-electron chi connectivity index (χ4n) is 3.38. The van der Waals surface area contributed by atoms with Gasteiger partial charge in [-0.25, -0.2) is 0 Å². The molecule has 0 radical (unpaired) electrons. The van der Waals surface area contributed by atoms with E-state index in [0.29, 0.717) is 0 Å². The Morgan fingerprint density at radius 1 is 1.10 bits per heavy atom. The number of fused-ring (bicyclic) bond motifs is 1. The number of amides is 1. The van der Waals surface area contributed by atoms with Crippen molar-refractivity contribution in [3.63, 3.8) is 0 Å². The molecule has 116 valence electrons. The van der Waals surface area contributed by atoms with Crippen molar-refractivity contribution >= 4 is 5.91 Å². The molecule has 0 saturated carbocycles. The highest BCUT2D eigenvalue weighted by molar-refractivity contribution is 5.81. The average Bonchev–Trinajstić information content (AvgIpc) is 3.15. The largest absolute Gasteiger partial charge is 0.341 e. The maximum atomic E-state index is 12.4. The predicted molar refractivity (Wildman–Crippen MR) is 79.8 cm³/mol. The van der Waals surface area contributed by atoms with E-state index in [4.69, 9.17) is 0 Å². The van der Waals surface area contributed by atoms with Crippen molar-refractivity contribution < 1.29 is 4.79 Å². The lowest BCUT2D eigenvalue weighted by atomic mass is 10.1. The molecular formula is C15H25N5O. The number of aromatic nitrogens is 3. The van der Waals surface area contributed by atoms with Gasteiger partial charge >= 0.3 is 0 Å². The van der Waals surface area contributed by atoms with Crippen LogP contribution in [-0.2, 0) is 17.8 Å². The van der Waals surface area contributed by atoms with Crippen LogP contribution in [0.25, 0.3) is 0 Å². The Labute approximate surface area is 125 Å². The molecule has 1 fully saturated rings. The van der Waals surface area contributed by atoms with Crippen LogP contribution in [0.1, 0.15) is 57.2 Å². The smallest absolute Gasteiger partial charge is 0.239 e. The van der Waals surface area contributed by atoms with Crippen molar-refractivity contribution in [2.45, 2.75) is 64.6 Å². The summed E-state index contributed by atoms with van der Waals surface area (Å²) in [6.45, 7) is 6.82. The highest BCUT2D eigenvalue weighted by atomic mass is 16.2. The van der Waals surface area contributed by atoms with Crippen LogP contribution in [0.3, 0.4) is 0 Å². The highest BCUT2D eigenvalue weighted by Crippen LogP contribution is 2.19. The summed E-state index contributed by atoms with van der Waals surface area (Å²) in [4.78, 5) is 14.3. The van der Waals surface area contributed by atoms with Gasteiger partial charge in [0.1, 0.15) is 11.6 Å². The lowest BCUT2D eigenvalue weighted by Crippen LogP contribution is -2.44. The quantitative estimate of drug-likeness (QED) is 0.907. The maximum Gasteiger partial charge on any atom is 0.239 e. The summed E-state index contributed by atoms with van der Waals surface area (Å²) < 4.78 is 2.22. The monoisotopic (exact) mass is 291 g/mol. The third-order valence-corrected chi connectivity index (χ3v) is 4.56. The molecule has 6 heteroatoms. The van der Waals surface area contributed by atoms with Crippen LogP contribution in [0.15, 0.2) is 0 Å². The van der Waals surface area contributed by atoms with Crippen LogP contribution in [-0.4, -0.2) is 44.7 Å². The summed E-state index contributed by atoms with van der Waals surface area (Å²) in [6, 6.07) is -0.124. The predicted octanol–water partition coefficient (Wildman–Crippen LogP) is 1.28. The van der Waals surface area contributed by atoms with E-state index in [-0.39, 0.29) is 18.0 Å². The lowest BCUT2D eigenvalue weighted by Gasteiger charge is -2.25. The number of hydrogen-bond acceptors (Lipinski definition) is 4. The van der Waals surface area contributed by atoms with Crippen LogP contribution < -0.4 is 5.32 Å². The second-order valence-corrected chi connectivity index (χ2v) is 6.23. The molecular weight excluding hydrogens is 266 g/mol. The summed E-state index contributed by atoms with van der Waals surface area (Å²) in [5.74, 6) is 2.26. The molecule has 1 aromatic rings. The van der Waals surface area contributed by atoms with Gasteiger partial charge in [-0.2, -0.15) is 0 Å². The van der Waals surface area contributed by atoms with E-state index < -0.39 is 0 Å². The first-order valence-electron chi connectivity index (χ1n) is 8.13. The normalized spacial score (nSPS) is 21.1. The van der Waals surface area contributed by atoms with Crippen LogP contribution >= 0.6 is 0 Å². The van der Waals surface area contributed by atoms with Crippen LogP contribution in [0.4, 0.5) is 0 Å². The molecule has 3 rings (SSSR count). The minimum absolute atomic E-state index is 0.0471. The number of nitrogens with zero attached hydrogens (tertiary/aromatic N) is 4. The molecule has 2 aliphatic heterocycles. The molecule has 21 heavy (non-hydrogen) atoms. The van der Waals surface area contributed by atoms with Crippen LogP contribution in [0, 0.1) is 0 Å². The molecule has 0 aromatic carbocycles. The average molecular weight is 291 g/mol. The van der Waals surface area contributed by atoms with E-state index in [1.807, 2.05) is 11.8 Å². The topological polar surface area (TPSA) is 63.1 Å². The summed E-state index contributed by atoms with van der Waals surface area (Å²) >= 11 is 0. The van der Waals surface area contributed by atoms with Gasteiger partial charge in [0, 0.05) is 26.1 Å². The molecule has 2 aliphatic rings. The zero-order chi connectivity index (χ0) is 14.8. The standard InChI is InChI=1S/C15H25N5O/c1-11(14-18-17-13-7-3-4-10-20(13)14)16-12(2)15(21)19-8-5-6-9-19/h11-12,16H,3-10H2,1-2H3. The molecule has 0 aliphatic carbocycles. The molecule has 1 N–H and O–H groups in total. The Morgan fingerprint density at radius 3 is 2.57 bits per heavy atom. The maximum absolute atomic E-state index is 12.4. The van der Waals surface area contributed by atoms with E-state index >= 15 is 0 Å². The molecule has 2 atom stereocenters. The van der Waals surface area contributed by atoms with E-state index in [9.17, 15) is 4.79 Å². The Bertz CT molecular complexity index is 506. The van der Waals surface area contributed by atoms with Gasteiger partial charge in [-0.15, -0.1) is 10.2 Å². The van der Waals surface area contributed by atoms with Gasteiger partial charge in [0.05, 0.1) is 12.1 Å². The molecule has 0 bridgehead atoms. The zero-order valence-corrected chi connectivity index (χ0v) is 13.0. The van der Waals surface area contributed by atoms with E-state index in [1.165, 1.54) is 12.8 Å². The number of aryl methyl sites for hydroxylation is 1.